The number of benzene rings is 3. The summed E-state index contributed by atoms with van der Waals surface area (Å²) in [5.41, 5.74) is 4.36. The molecule has 3 aromatic carbocycles. The minimum atomic E-state index is 0.528. The van der Waals surface area contributed by atoms with E-state index in [2.05, 4.69) is 78.9 Å². The van der Waals surface area contributed by atoms with E-state index in [1.165, 1.54) is 46.7 Å². The van der Waals surface area contributed by atoms with Gasteiger partial charge in [-0.15, -0.1) is 0 Å². The second kappa shape index (κ2) is 5.81. The lowest BCUT2D eigenvalue weighted by atomic mass is 9.78. The molecular weight excluding hydrogens is 264 g/mol. The molecular formula is C22H20. The third kappa shape index (κ3) is 2.35. The first kappa shape index (κ1) is 13.3. The molecule has 0 heteroatoms. The Hall–Kier alpha value is -2.34. The lowest BCUT2D eigenvalue weighted by Gasteiger charge is -2.26. The fourth-order valence-corrected chi connectivity index (χ4v) is 3.68. The Morgan fingerprint density at radius 2 is 1.50 bits per heavy atom. The molecule has 0 N–H and O–H groups in total. The molecule has 0 aromatic heterocycles. The van der Waals surface area contributed by atoms with E-state index in [0.29, 0.717) is 5.92 Å². The van der Waals surface area contributed by atoms with E-state index in [9.17, 15) is 0 Å². The fraction of sp³-hybridized carbons (Fsp3) is 0.182. The molecule has 1 atom stereocenters. The highest BCUT2D eigenvalue weighted by Gasteiger charge is 2.21. The van der Waals surface area contributed by atoms with Gasteiger partial charge in [-0.1, -0.05) is 78.9 Å². The third-order valence-electron chi connectivity index (χ3n) is 4.74. The standard InChI is InChI=1S/C22H20/c1-2-9-17(10-3-1)19-14-6-7-15-21(19)22-16-8-12-18-11-4-5-13-20(18)22/h1-5,8-13,15-16,19H,6-7,14H2. The van der Waals surface area contributed by atoms with Gasteiger partial charge in [0.15, 0.2) is 0 Å². The first-order valence-corrected chi connectivity index (χ1v) is 8.16. The third-order valence-corrected chi connectivity index (χ3v) is 4.74. The smallest absolute Gasteiger partial charge is 0.00924 e. The van der Waals surface area contributed by atoms with Crippen molar-refractivity contribution in [2.24, 2.45) is 0 Å². The summed E-state index contributed by atoms with van der Waals surface area (Å²) in [6.07, 6.45) is 6.19. The van der Waals surface area contributed by atoms with Crippen molar-refractivity contribution in [2.75, 3.05) is 0 Å². The Bertz CT molecular complexity index is 806. The van der Waals surface area contributed by atoms with Gasteiger partial charge in [0.2, 0.25) is 0 Å². The molecule has 22 heavy (non-hydrogen) atoms. The summed E-state index contributed by atoms with van der Waals surface area (Å²) >= 11 is 0. The van der Waals surface area contributed by atoms with Crippen LogP contribution in [-0.4, -0.2) is 0 Å². The highest BCUT2D eigenvalue weighted by molar-refractivity contribution is 5.95. The first-order chi connectivity index (χ1) is 10.9. The van der Waals surface area contributed by atoms with Crippen LogP contribution in [-0.2, 0) is 0 Å². The van der Waals surface area contributed by atoms with Crippen LogP contribution in [0.5, 0.6) is 0 Å². The van der Waals surface area contributed by atoms with Crippen LogP contribution < -0.4 is 0 Å². The molecule has 0 amide bonds. The number of rotatable bonds is 2. The zero-order valence-corrected chi connectivity index (χ0v) is 12.7. The monoisotopic (exact) mass is 284 g/mol. The summed E-state index contributed by atoms with van der Waals surface area (Å²) in [6.45, 7) is 0. The molecule has 0 saturated carbocycles. The van der Waals surface area contributed by atoms with Gasteiger partial charge < -0.3 is 0 Å². The number of allylic oxidation sites excluding steroid dienone is 2. The van der Waals surface area contributed by atoms with Crippen molar-refractivity contribution in [3.8, 4) is 0 Å². The molecule has 1 aliphatic rings. The molecule has 108 valence electrons. The van der Waals surface area contributed by atoms with Gasteiger partial charge in [0.25, 0.3) is 0 Å². The van der Waals surface area contributed by atoms with E-state index in [4.69, 9.17) is 0 Å². The average molecular weight is 284 g/mol. The van der Waals surface area contributed by atoms with Crippen molar-refractivity contribution in [1.29, 1.82) is 0 Å². The van der Waals surface area contributed by atoms with Gasteiger partial charge >= 0.3 is 0 Å². The van der Waals surface area contributed by atoms with Crippen LogP contribution in [0, 0.1) is 0 Å². The summed E-state index contributed by atoms with van der Waals surface area (Å²) in [5.74, 6) is 0.528. The van der Waals surface area contributed by atoms with Crippen molar-refractivity contribution in [3.05, 3.63) is 90.0 Å². The van der Waals surface area contributed by atoms with Crippen LogP contribution in [0.15, 0.2) is 78.9 Å². The van der Waals surface area contributed by atoms with Gasteiger partial charge in [0.1, 0.15) is 0 Å². The van der Waals surface area contributed by atoms with Crippen LogP contribution >= 0.6 is 0 Å². The normalized spacial score (nSPS) is 18.2. The zero-order chi connectivity index (χ0) is 14.8. The Morgan fingerprint density at radius 1 is 0.727 bits per heavy atom. The van der Waals surface area contributed by atoms with E-state index < -0.39 is 0 Å². The molecule has 0 aliphatic heterocycles. The Morgan fingerprint density at radius 3 is 2.41 bits per heavy atom. The van der Waals surface area contributed by atoms with Crippen LogP contribution in [0.2, 0.25) is 0 Å². The number of hydrogen-bond donors (Lipinski definition) is 0. The van der Waals surface area contributed by atoms with E-state index >= 15 is 0 Å². The molecule has 0 bridgehead atoms. The highest BCUT2D eigenvalue weighted by Crippen LogP contribution is 2.41. The van der Waals surface area contributed by atoms with Crippen molar-refractivity contribution in [2.45, 2.75) is 25.2 Å². The Balaban J connectivity index is 1.87. The van der Waals surface area contributed by atoms with Crippen molar-refractivity contribution < 1.29 is 0 Å². The second-order valence-electron chi connectivity index (χ2n) is 6.08. The lowest BCUT2D eigenvalue weighted by molar-refractivity contribution is 0.669. The molecule has 0 spiro atoms. The van der Waals surface area contributed by atoms with E-state index in [-0.39, 0.29) is 0 Å². The van der Waals surface area contributed by atoms with Gasteiger partial charge in [0.05, 0.1) is 0 Å². The summed E-state index contributed by atoms with van der Waals surface area (Å²) in [5, 5.41) is 2.71. The van der Waals surface area contributed by atoms with Gasteiger partial charge in [-0.05, 0) is 46.7 Å². The minimum absolute atomic E-state index is 0.528. The molecule has 1 aliphatic carbocycles. The maximum Gasteiger partial charge on any atom is 0.00924 e. The Kier molecular flexibility index (Phi) is 3.52. The quantitative estimate of drug-likeness (QED) is 0.526. The molecule has 0 fully saturated rings. The predicted molar refractivity (Wildman–Crippen MR) is 95.0 cm³/mol. The predicted octanol–water partition coefficient (Wildman–Crippen LogP) is 6.19. The summed E-state index contributed by atoms with van der Waals surface area (Å²) < 4.78 is 0. The molecule has 0 saturated heterocycles. The van der Waals surface area contributed by atoms with Gasteiger partial charge in [-0.2, -0.15) is 0 Å². The SMILES string of the molecule is C1=C(c2cccc3ccccc23)C(c2ccccc2)CCC1. The number of hydrogen-bond acceptors (Lipinski definition) is 0. The molecule has 4 rings (SSSR count). The van der Waals surface area contributed by atoms with Crippen LogP contribution in [0.3, 0.4) is 0 Å². The molecule has 0 radical (unpaired) electrons. The van der Waals surface area contributed by atoms with Crippen LogP contribution in [0.4, 0.5) is 0 Å². The summed E-state index contributed by atoms with van der Waals surface area (Å²) in [7, 11) is 0. The molecule has 0 nitrogen and oxygen atoms in total. The van der Waals surface area contributed by atoms with Crippen molar-refractivity contribution >= 4 is 16.3 Å². The molecule has 3 aromatic rings. The lowest BCUT2D eigenvalue weighted by Crippen LogP contribution is -2.06. The largest absolute Gasteiger partial charge is 0.0801 e. The van der Waals surface area contributed by atoms with E-state index in [0.717, 1.165) is 0 Å². The summed E-state index contributed by atoms with van der Waals surface area (Å²) in [4.78, 5) is 0. The van der Waals surface area contributed by atoms with E-state index in [1.54, 1.807) is 0 Å². The van der Waals surface area contributed by atoms with Crippen molar-refractivity contribution in [3.63, 3.8) is 0 Å². The van der Waals surface area contributed by atoms with Crippen LogP contribution in [0.1, 0.15) is 36.3 Å². The molecule has 0 heterocycles. The second-order valence-corrected chi connectivity index (χ2v) is 6.08. The maximum absolute atomic E-state index is 2.46. The first-order valence-electron chi connectivity index (χ1n) is 8.16. The van der Waals surface area contributed by atoms with Crippen molar-refractivity contribution in [1.82, 2.24) is 0 Å². The summed E-state index contributed by atoms with van der Waals surface area (Å²) in [6, 6.07) is 26.4. The zero-order valence-electron chi connectivity index (χ0n) is 12.7. The Labute approximate surface area is 132 Å². The van der Waals surface area contributed by atoms with Gasteiger partial charge in [0, 0.05) is 5.92 Å². The highest BCUT2D eigenvalue weighted by atomic mass is 14.3. The maximum atomic E-state index is 2.46. The minimum Gasteiger partial charge on any atom is -0.0801 e. The topological polar surface area (TPSA) is 0 Å². The molecule has 1 unspecified atom stereocenters. The average Bonchev–Trinajstić information content (AvgIpc) is 2.62. The number of fused-ring (bicyclic) bond motifs is 1. The van der Waals surface area contributed by atoms with Crippen LogP contribution in [0.25, 0.3) is 16.3 Å². The van der Waals surface area contributed by atoms with Gasteiger partial charge in [-0.3, -0.25) is 0 Å². The van der Waals surface area contributed by atoms with E-state index in [1.807, 2.05) is 0 Å². The fourth-order valence-electron chi connectivity index (χ4n) is 3.68. The van der Waals surface area contributed by atoms with Gasteiger partial charge in [-0.25, -0.2) is 0 Å².